The van der Waals surface area contributed by atoms with Crippen molar-refractivity contribution in [1.82, 2.24) is 15.2 Å². The second-order valence-electron chi connectivity index (χ2n) is 3.42. The third-order valence-electron chi connectivity index (χ3n) is 2.08. The van der Waals surface area contributed by atoms with Crippen LogP contribution in [0.3, 0.4) is 0 Å². The van der Waals surface area contributed by atoms with Crippen LogP contribution in [0.2, 0.25) is 0 Å². The van der Waals surface area contributed by atoms with E-state index in [-0.39, 0.29) is 6.61 Å². The van der Waals surface area contributed by atoms with Crippen molar-refractivity contribution in [1.29, 1.82) is 0 Å². The highest BCUT2D eigenvalue weighted by atomic mass is 16.5. The fourth-order valence-electron chi connectivity index (χ4n) is 1.07. The first-order valence-corrected chi connectivity index (χ1v) is 5.34. The van der Waals surface area contributed by atoms with E-state index in [0.717, 1.165) is 24.4 Å². The van der Waals surface area contributed by atoms with E-state index in [1.807, 2.05) is 13.8 Å². The normalized spacial score (nSPS) is 10.4. The number of ether oxygens (including phenoxy) is 1. The highest BCUT2D eigenvalue weighted by Gasteiger charge is 1.99. The maximum absolute atomic E-state index is 8.49. The summed E-state index contributed by atoms with van der Waals surface area (Å²) in [6.07, 6.45) is 0.844. The molecule has 0 radical (unpaired) electrons. The molecule has 1 aromatic rings. The molecule has 0 atom stereocenters. The van der Waals surface area contributed by atoms with E-state index in [9.17, 15) is 0 Å². The predicted octanol–water partition coefficient (Wildman–Crippen LogP) is 0.299. The lowest BCUT2D eigenvalue weighted by Gasteiger charge is -2.05. The molecule has 0 aliphatic heterocycles. The lowest BCUT2D eigenvalue weighted by molar-refractivity contribution is 0.0921. The first-order valence-electron chi connectivity index (χ1n) is 5.34. The molecule has 0 aromatic carbocycles. The number of rotatable bonds is 7. The van der Waals surface area contributed by atoms with Crippen LogP contribution in [0.5, 0.6) is 0 Å². The van der Waals surface area contributed by atoms with Crippen molar-refractivity contribution in [2.75, 3.05) is 31.7 Å². The van der Waals surface area contributed by atoms with Crippen LogP contribution in [0.4, 0.5) is 5.95 Å². The smallest absolute Gasteiger partial charge is 0.242 e. The van der Waals surface area contributed by atoms with E-state index in [1.165, 1.54) is 0 Å². The summed E-state index contributed by atoms with van der Waals surface area (Å²) in [5.74, 6) is 0.547. The van der Waals surface area contributed by atoms with Gasteiger partial charge in [0, 0.05) is 13.2 Å². The van der Waals surface area contributed by atoms with Gasteiger partial charge in [0.25, 0.3) is 0 Å². The van der Waals surface area contributed by atoms with Gasteiger partial charge in [-0.05, 0) is 20.3 Å². The summed E-state index contributed by atoms with van der Waals surface area (Å²) in [5.41, 5.74) is 1.73. The Hall–Kier alpha value is -1.27. The van der Waals surface area contributed by atoms with Gasteiger partial charge in [-0.3, -0.25) is 0 Å². The van der Waals surface area contributed by atoms with Crippen molar-refractivity contribution in [2.24, 2.45) is 0 Å². The Morgan fingerprint density at radius 3 is 2.69 bits per heavy atom. The van der Waals surface area contributed by atoms with Crippen LogP contribution in [0.25, 0.3) is 0 Å². The average molecular weight is 226 g/mol. The van der Waals surface area contributed by atoms with Gasteiger partial charge in [-0.15, -0.1) is 5.10 Å². The Labute approximate surface area is 95.1 Å². The molecule has 1 aromatic heterocycles. The number of aryl methyl sites for hydroxylation is 2. The number of aromatic nitrogens is 3. The third kappa shape index (κ3) is 4.50. The maximum Gasteiger partial charge on any atom is 0.242 e. The van der Waals surface area contributed by atoms with Crippen LogP contribution in [0.1, 0.15) is 17.8 Å². The summed E-state index contributed by atoms with van der Waals surface area (Å²) >= 11 is 0. The molecule has 6 heteroatoms. The van der Waals surface area contributed by atoms with Crippen molar-refractivity contribution in [3.05, 3.63) is 11.4 Å². The van der Waals surface area contributed by atoms with Gasteiger partial charge in [-0.25, -0.2) is 4.98 Å². The number of hydrogen-bond donors (Lipinski definition) is 2. The zero-order chi connectivity index (χ0) is 11.8. The summed E-state index contributed by atoms with van der Waals surface area (Å²) in [7, 11) is 0. The average Bonchev–Trinajstić information content (AvgIpc) is 2.28. The predicted molar refractivity (Wildman–Crippen MR) is 60.3 cm³/mol. The van der Waals surface area contributed by atoms with E-state index < -0.39 is 0 Å². The minimum absolute atomic E-state index is 0.0671. The minimum atomic E-state index is 0.0671. The SMILES string of the molecule is Cc1nnc(NCCCOCCO)nc1C. The fraction of sp³-hybridized carbons (Fsp3) is 0.700. The van der Waals surface area contributed by atoms with Crippen LogP contribution < -0.4 is 5.32 Å². The Bertz CT molecular complexity index is 320. The molecular formula is C10H18N4O2. The summed E-state index contributed by atoms with van der Waals surface area (Å²) < 4.78 is 5.12. The van der Waals surface area contributed by atoms with Gasteiger partial charge in [-0.2, -0.15) is 5.10 Å². The van der Waals surface area contributed by atoms with Gasteiger partial charge < -0.3 is 15.2 Å². The first kappa shape index (κ1) is 12.8. The van der Waals surface area contributed by atoms with Crippen molar-refractivity contribution < 1.29 is 9.84 Å². The summed E-state index contributed by atoms with van der Waals surface area (Å²) in [6, 6.07) is 0. The molecule has 0 unspecified atom stereocenters. The zero-order valence-corrected chi connectivity index (χ0v) is 9.73. The first-order chi connectivity index (χ1) is 7.74. The van der Waals surface area contributed by atoms with Gasteiger partial charge >= 0.3 is 0 Å². The molecule has 0 aliphatic rings. The van der Waals surface area contributed by atoms with Gasteiger partial charge in [-0.1, -0.05) is 0 Å². The van der Waals surface area contributed by atoms with E-state index in [1.54, 1.807) is 0 Å². The largest absolute Gasteiger partial charge is 0.394 e. The molecule has 0 fully saturated rings. The van der Waals surface area contributed by atoms with Crippen molar-refractivity contribution >= 4 is 5.95 Å². The van der Waals surface area contributed by atoms with Crippen LogP contribution in [-0.2, 0) is 4.74 Å². The molecule has 1 rings (SSSR count). The Morgan fingerprint density at radius 2 is 2.00 bits per heavy atom. The van der Waals surface area contributed by atoms with E-state index in [0.29, 0.717) is 19.2 Å². The molecular weight excluding hydrogens is 208 g/mol. The van der Waals surface area contributed by atoms with Crippen molar-refractivity contribution in [3.63, 3.8) is 0 Å². The monoisotopic (exact) mass is 226 g/mol. The van der Waals surface area contributed by atoms with Crippen LogP contribution >= 0.6 is 0 Å². The van der Waals surface area contributed by atoms with Crippen LogP contribution in [0, 0.1) is 13.8 Å². The molecule has 16 heavy (non-hydrogen) atoms. The van der Waals surface area contributed by atoms with Gasteiger partial charge in [0.05, 0.1) is 24.6 Å². The van der Waals surface area contributed by atoms with Crippen molar-refractivity contribution in [2.45, 2.75) is 20.3 Å². The molecule has 0 spiro atoms. The second kappa shape index (κ2) is 7.08. The number of anilines is 1. The molecule has 0 aliphatic carbocycles. The van der Waals surface area contributed by atoms with Crippen LogP contribution in [0.15, 0.2) is 0 Å². The van der Waals surface area contributed by atoms with Crippen molar-refractivity contribution in [3.8, 4) is 0 Å². The molecule has 0 saturated heterocycles. The minimum Gasteiger partial charge on any atom is -0.394 e. The summed E-state index contributed by atoms with van der Waals surface area (Å²) in [5, 5.41) is 19.4. The van der Waals surface area contributed by atoms with E-state index in [4.69, 9.17) is 9.84 Å². The number of aliphatic hydroxyl groups excluding tert-OH is 1. The van der Waals surface area contributed by atoms with Gasteiger partial charge in [0.2, 0.25) is 5.95 Å². The number of aliphatic hydroxyl groups is 1. The van der Waals surface area contributed by atoms with Crippen LogP contribution in [-0.4, -0.2) is 46.7 Å². The van der Waals surface area contributed by atoms with Gasteiger partial charge in [0.15, 0.2) is 0 Å². The second-order valence-corrected chi connectivity index (χ2v) is 3.42. The highest BCUT2D eigenvalue weighted by Crippen LogP contribution is 2.01. The van der Waals surface area contributed by atoms with E-state index >= 15 is 0 Å². The standard InChI is InChI=1S/C10H18N4O2/c1-8-9(2)13-14-10(12-8)11-4-3-6-16-7-5-15/h15H,3-7H2,1-2H3,(H,11,12,14). The fourth-order valence-corrected chi connectivity index (χ4v) is 1.07. The molecule has 0 saturated carbocycles. The topological polar surface area (TPSA) is 80.2 Å². The molecule has 2 N–H and O–H groups in total. The Balaban J connectivity index is 2.19. The zero-order valence-electron chi connectivity index (χ0n) is 9.73. The highest BCUT2D eigenvalue weighted by molar-refractivity contribution is 5.24. The quantitative estimate of drug-likeness (QED) is 0.651. The maximum atomic E-state index is 8.49. The number of nitrogens with zero attached hydrogens (tertiary/aromatic N) is 3. The van der Waals surface area contributed by atoms with E-state index in [2.05, 4.69) is 20.5 Å². The molecule has 1 heterocycles. The number of nitrogens with one attached hydrogen (secondary N) is 1. The number of hydrogen-bond acceptors (Lipinski definition) is 6. The molecule has 0 bridgehead atoms. The summed E-state index contributed by atoms with van der Waals surface area (Å²) in [4.78, 5) is 4.24. The summed E-state index contributed by atoms with van der Waals surface area (Å²) in [6.45, 7) is 5.59. The molecule has 90 valence electrons. The lowest BCUT2D eigenvalue weighted by Crippen LogP contribution is -2.11. The Morgan fingerprint density at radius 1 is 1.19 bits per heavy atom. The van der Waals surface area contributed by atoms with Gasteiger partial charge in [0.1, 0.15) is 0 Å². The Kier molecular flexibility index (Phi) is 5.66. The third-order valence-corrected chi connectivity index (χ3v) is 2.08. The molecule has 6 nitrogen and oxygen atoms in total. The lowest BCUT2D eigenvalue weighted by atomic mass is 10.4. The molecule has 0 amide bonds.